The number of anilines is 1. The third kappa shape index (κ3) is 3.64. The first kappa shape index (κ1) is 20.0. The van der Waals surface area contributed by atoms with Crippen molar-refractivity contribution in [1.29, 1.82) is 0 Å². The smallest absolute Gasteiger partial charge is 0.259 e. The van der Waals surface area contributed by atoms with Gasteiger partial charge in [-0.1, -0.05) is 29.8 Å². The number of nitrogens with zero attached hydrogens (tertiary/aromatic N) is 1. The molecule has 0 unspecified atom stereocenters. The molecule has 8 heteroatoms. The van der Waals surface area contributed by atoms with E-state index in [1.54, 1.807) is 0 Å². The SMILES string of the molecule is O=C1CN(C(=O)c2c(F)cccc2Cl)[C@@H](c2ccc(F)cc2)c2cc(F)ccc2N1. The molecule has 4 nitrogen and oxygen atoms in total. The average Bonchev–Trinajstić information content (AvgIpc) is 2.84. The molecule has 152 valence electrons. The molecule has 1 atom stereocenters. The Hall–Kier alpha value is -3.32. The molecule has 1 N–H and O–H groups in total. The lowest BCUT2D eigenvalue weighted by Crippen LogP contribution is -2.39. The van der Waals surface area contributed by atoms with Crippen molar-refractivity contribution in [2.75, 3.05) is 11.9 Å². The molecule has 3 aromatic rings. The predicted octanol–water partition coefficient (Wildman–Crippen LogP) is 4.94. The molecular weight excluding hydrogens is 417 g/mol. The van der Waals surface area contributed by atoms with Gasteiger partial charge in [0.15, 0.2) is 0 Å². The number of carbonyl (C=O) groups excluding carboxylic acids is 2. The maximum atomic E-state index is 14.5. The zero-order chi connectivity index (χ0) is 21.4. The largest absolute Gasteiger partial charge is 0.324 e. The lowest BCUT2D eigenvalue weighted by molar-refractivity contribution is -0.117. The third-order valence-electron chi connectivity index (χ3n) is 4.83. The van der Waals surface area contributed by atoms with Crippen LogP contribution in [0.3, 0.4) is 0 Å². The Bertz CT molecular complexity index is 1130. The molecule has 4 rings (SSSR count). The number of halogens is 4. The highest BCUT2D eigenvalue weighted by atomic mass is 35.5. The number of hydrogen-bond acceptors (Lipinski definition) is 2. The summed E-state index contributed by atoms with van der Waals surface area (Å²) in [5.41, 5.74) is 0.582. The molecule has 0 bridgehead atoms. The molecule has 3 aromatic carbocycles. The monoisotopic (exact) mass is 430 g/mol. The average molecular weight is 431 g/mol. The van der Waals surface area contributed by atoms with Gasteiger partial charge in [-0.25, -0.2) is 13.2 Å². The fourth-order valence-corrected chi connectivity index (χ4v) is 3.76. The van der Waals surface area contributed by atoms with Gasteiger partial charge in [-0.3, -0.25) is 9.59 Å². The minimum Gasteiger partial charge on any atom is -0.324 e. The molecule has 0 spiro atoms. The van der Waals surface area contributed by atoms with Crippen molar-refractivity contribution in [1.82, 2.24) is 4.90 Å². The van der Waals surface area contributed by atoms with Crippen molar-refractivity contribution >= 4 is 29.1 Å². The van der Waals surface area contributed by atoms with E-state index in [1.165, 1.54) is 54.6 Å². The van der Waals surface area contributed by atoms with Crippen LogP contribution in [0.4, 0.5) is 18.9 Å². The van der Waals surface area contributed by atoms with Gasteiger partial charge >= 0.3 is 0 Å². The second-order valence-corrected chi connectivity index (χ2v) is 7.17. The van der Waals surface area contributed by atoms with Crippen LogP contribution in [0.15, 0.2) is 60.7 Å². The van der Waals surface area contributed by atoms with Crippen LogP contribution in [0.5, 0.6) is 0 Å². The van der Waals surface area contributed by atoms with Crippen molar-refractivity contribution < 1.29 is 22.8 Å². The van der Waals surface area contributed by atoms with Crippen molar-refractivity contribution in [3.05, 3.63) is 99.8 Å². The summed E-state index contributed by atoms with van der Waals surface area (Å²) >= 11 is 6.06. The van der Waals surface area contributed by atoms with E-state index in [9.17, 15) is 22.8 Å². The first-order chi connectivity index (χ1) is 14.3. The minimum absolute atomic E-state index is 0.123. The molecule has 1 aliphatic rings. The molecule has 0 saturated heterocycles. The van der Waals surface area contributed by atoms with Crippen molar-refractivity contribution in [2.45, 2.75) is 6.04 Å². The van der Waals surface area contributed by atoms with E-state index in [4.69, 9.17) is 11.6 Å². The standard InChI is InChI=1S/C22H14ClF3N2O2/c23-16-2-1-3-17(26)20(16)22(30)28-11-19(29)27-18-9-8-14(25)10-15(18)21(28)12-4-6-13(24)7-5-12/h1-10,21H,11H2,(H,27,29)/t21-/m0/s1. The van der Waals surface area contributed by atoms with Gasteiger partial charge < -0.3 is 10.2 Å². The number of nitrogens with one attached hydrogen (secondary N) is 1. The number of benzene rings is 3. The highest BCUT2D eigenvalue weighted by Gasteiger charge is 2.36. The first-order valence-corrected chi connectivity index (χ1v) is 9.32. The van der Waals surface area contributed by atoms with Crippen LogP contribution < -0.4 is 5.32 Å². The lowest BCUT2D eigenvalue weighted by Gasteiger charge is -2.31. The van der Waals surface area contributed by atoms with Crippen LogP contribution in [0.25, 0.3) is 0 Å². The summed E-state index contributed by atoms with van der Waals surface area (Å²) in [6, 6.07) is 11.8. The second kappa shape index (κ2) is 7.84. The summed E-state index contributed by atoms with van der Waals surface area (Å²) in [5.74, 6) is -3.34. The molecule has 30 heavy (non-hydrogen) atoms. The van der Waals surface area contributed by atoms with Crippen LogP contribution in [-0.2, 0) is 4.79 Å². The molecular formula is C22H14ClF3N2O2. The zero-order valence-corrected chi connectivity index (χ0v) is 16.1. The van der Waals surface area contributed by atoms with Gasteiger partial charge in [0.05, 0.1) is 16.6 Å². The quantitative estimate of drug-likeness (QED) is 0.626. The molecule has 0 aliphatic carbocycles. The van der Waals surface area contributed by atoms with Gasteiger partial charge in [-0.15, -0.1) is 0 Å². The van der Waals surface area contributed by atoms with Crippen LogP contribution >= 0.6 is 11.6 Å². The fraction of sp³-hybridized carbons (Fsp3) is 0.0909. The van der Waals surface area contributed by atoms with E-state index < -0.39 is 47.4 Å². The Kier molecular flexibility index (Phi) is 5.22. The van der Waals surface area contributed by atoms with E-state index in [2.05, 4.69) is 5.32 Å². The first-order valence-electron chi connectivity index (χ1n) is 8.95. The predicted molar refractivity (Wildman–Crippen MR) is 106 cm³/mol. The van der Waals surface area contributed by atoms with Crippen LogP contribution in [0, 0.1) is 17.5 Å². The molecule has 2 amide bonds. The van der Waals surface area contributed by atoms with Gasteiger partial charge in [0.2, 0.25) is 5.91 Å². The van der Waals surface area contributed by atoms with Gasteiger partial charge in [-0.05, 0) is 48.0 Å². The Morgan fingerprint density at radius 2 is 1.70 bits per heavy atom. The lowest BCUT2D eigenvalue weighted by atomic mass is 9.95. The molecule has 0 aromatic heterocycles. The number of amides is 2. The van der Waals surface area contributed by atoms with Gasteiger partial charge in [0.1, 0.15) is 24.0 Å². The molecule has 1 heterocycles. The van der Waals surface area contributed by atoms with Gasteiger partial charge in [0.25, 0.3) is 5.91 Å². The molecule has 1 aliphatic heterocycles. The van der Waals surface area contributed by atoms with Crippen LogP contribution in [-0.4, -0.2) is 23.3 Å². The van der Waals surface area contributed by atoms with Crippen LogP contribution in [0.1, 0.15) is 27.5 Å². The molecule has 0 saturated carbocycles. The van der Waals surface area contributed by atoms with Crippen molar-refractivity contribution in [3.63, 3.8) is 0 Å². The number of carbonyl (C=O) groups is 2. The second-order valence-electron chi connectivity index (χ2n) is 6.76. The molecule has 0 fully saturated rings. The Labute approximate surface area is 174 Å². The van der Waals surface area contributed by atoms with E-state index >= 15 is 0 Å². The Morgan fingerprint density at radius 3 is 2.40 bits per heavy atom. The number of rotatable bonds is 2. The number of hydrogen-bond donors (Lipinski definition) is 1. The minimum atomic E-state index is -0.988. The van der Waals surface area contributed by atoms with Crippen molar-refractivity contribution in [3.8, 4) is 0 Å². The van der Waals surface area contributed by atoms with Crippen LogP contribution in [0.2, 0.25) is 5.02 Å². The highest BCUT2D eigenvalue weighted by Crippen LogP contribution is 2.38. The summed E-state index contributed by atoms with van der Waals surface area (Å²) < 4.78 is 42.1. The third-order valence-corrected chi connectivity index (χ3v) is 5.15. The summed E-state index contributed by atoms with van der Waals surface area (Å²) in [4.78, 5) is 26.9. The summed E-state index contributed by atoms with van der Waals surface area (Å²) in [5, 5.41) is 2.50. The maximum absolute atomic E-state index is 14.5. The maximum Gasteiger partial charge on any atom is 0.259 e. The Balaban J connectivity index is 1.93. The topological polar surface area (TPSA) is 49.4 Å². The summed E-state index contributed by atoms with van der Waals surface area (Å²) in [6.45, 7) is -0.443. The summed E-state index contributed by atoms with van der Waals surface area (Å²) in [6.07, 6.45) is 0. The van der Waals surface area contributed by atoms with E-state index in [0.29, 0.717) is 11.3 Å². The van der Waals surface area contributed by atoms with Gasteiger partial charge in [-0.2, -0.15) is 0 Å². The van der Waals surface area contributed by atoms with E-state index in [1.807, 2.05) is 0 Å². The zero-order valence-electron chi connectivity index (χ0n) is 15.3. The number of fused-ring (bicyclic) bond motifs is 1. The normalized spacial score (nSPS) is 15.9. The van der Waals surface area contributed by atoms with Crippen molar-refractivity contribution in [2.24, 2.45) is 0 Å². The highest BCUT2D eigenvalue weighted by molar-refractivity contribution is 6.34. The fourth-order valence-electron chi connectivity index (χ4n) is 3.52. The molecule has 0 radical (unpaired) electrons. The Morgan fingerprint density at radius 1 is 1.00 bits per heavy atom. The van der Waals surface area contributed by atoms with Gasteiger partial charge in [0, 0.05) is 11.3 Å². The summed E-state index contributed by atoms with van der Waals surface area (Å²) in [7, 11) is 0. The van der Waals surface area contributed by atoms with E-state index in [-0.39, 0.29) is 10.6 Å². The van der Waals surface area contributed by atoms with E-state index in [0.717, 1.165) is 11.0 Å².